The van der Waals surface area contributed by atoms with Gasteiger partial charge >= 0.3 is 84.5 Å². The standard InChI is InChI=1S/Ba.La.2O/q+2;+3;2*-2. The van der Waals surface area contributed by atoms with E-state index >= 15 is 0 Å². The summed E-state index contributed by atoms with van der Waals surface area (Å²) in [6, 6.07) is 0. The van der Waals surface area contributed by atoms with E-state index in [1.807, 2.05) is 0 Å². The maximum absolute atomic E-state index is 0. The van der Waals surface area contributed by atoms with Gasteiger partial charge in [-0.1, -0.05) is 0 Å². The molecule has 0 saturated heterocycles. The van der Waals surface area contributed by atoms with Gasteiger partial charge in [0.15, 0.2) is 0 Å². The van der Waals surface area contributed by atoms with E-state index in [0.29, 0.717) is 0 Å². The van der Waals surface area contributed by atoms with Crippen LogP contribution in [0.3, 0.4) is 0 Å². The molecule has 0 aromatic rings. The smallest absolute Gasteiger partial charge is 2.00 e. The summed E-state index contributed by atoms with van der Waals surface area (Å²) in [4.78, 5) is 0. The first-order valence-electron chi connectivity index (χ1n) is 0. The molecule has 0 bridgehead atoms. The fourth-order valence-electron chi connectivity index (χ4n) is 0. The second-order valence-corrected chi connectivity index (χ2v) is 0. The minimum Gasteiger partial charge on any atom is -2.00 e. The molecule has 4 heteroatoms. The molecule has 0 saturated carbocycles. The molecule has 0 heterocycles. The molecular formula is BaLaO2+. The first-order valence-corrected chi connectivity index (χ1v) is 0. The average molecular weight is 308 g/mol. The zero-order valence-electron chi connectivity index (χ0n) is 2.10. The van der Waals surface area contributed by atoms with Gasteiger partial charge in [-0.25, -0.2) is 0 Å². The Morgan fingerprint density at radius 3 is 0.750 bits per heavy atom. The molecule has 0 atom stereocenters. The Morgan fingerprint density at radius 1 is 0.750 bits per heavy atom. The normalized spacial score (nSPS) is 0. The summed E-state index contributed by atoms with van der Waals surface area (Å²) in [5.74, 6) is 0. The summed E-state index contributed by atoms with van der Waals surface area (Å²) in [5.41, 5.74) is 0. The topological polar surface area (TPSA) is 57.0 Å². The van der Waals surface area contributed by atoms with E-state index in [2.05, 4.69) is 0 Å². The summed E-state index contributed by atoms with van der Waals surface area (Å²) in [6.45, 7) is 0. The summed E-state index contributed by atoms with van der Waals surface area (Å²) in [6.07, 6.45) is 0. The fourth-order valence-corrected chi connectivity index (χ4v) is 0. The van der Waals surface area contributed by atoms with Crippen molar-refractivity contribution in [3.63, 3.8) is 0 Å². The molecule has 0 N–H and O–H groups in total. The molecule has 0 aromatic heterocycles. The molecule has 2 nitrogen and oxygen atoms in total. The minimum absolute atomic E-state index is 0. The zero-order valence-corrected chi connectivity index (χ0v) is 10.2. The van der Waals surface area contributed by atoms with Crippen LogP contribution in [0.15, 0.2) is 0 Å². The van der Waals surface area contributed by atoms with Crippen LogP contribution in [0.4, 0.5) is 0 Å². The quantitative estimate of drug-likeness (QED) is 0.536. The van der Waals surface area contributed by atoms with E-state index in [1.54, 1.807) is 0 Å². The van der Waals surface area contributed by atoms with E-state index in [9.17, 15) is 0 Å². The summed E-state index contributed by atoms with van der Waals surface area (Å²) in [5, 5.41) is 0. The molecule has 0 aromatic carbocycles. The Kier molecular flexibility index (Phi) is 130. The third-order valence-corrected chi connectivity index (χ3v) is 0. The van der Waals surface area contributed by atoms with Crippen molar-refractivity contribution in [3.05, 3.63) is 0 Å². The predicted molar refractivity (Wildman–Crippen MR) is 7.13 cm³/mol. The maximum Gasteiger partial charge on any atom is 3.00 e. The Morgan fingerprint density at radius 2 is 0.750 bits per heavy atom. The molecule has 0 aliphatic heterocycles. The minimum atomic E-state index is 0. The molecule has 0 rings (SSSR count). The number of hydrogen-bond donors (Lipinski definition) is 0. The van der Waals surface area contributed by atoms with Gasteiger partial charge in [-0.05, 0) is 0 Å². The van der Waals surface area contributed by atoms with Gasteiger partial charge in [0.1, 0.15) is 0 Å². The van der Waals surface area contributed by atoms with Crippen LogP contribution in [0.2, 0.25) is 0 Å². The third kappa shape index (κ3) is 8.82. The van der Waals surface area contributed by atoms with Gasteiger partial charge in [-0.3, -0.25) is 0 Å². The number of rotatable bonds is 0. The van der Waals surface area contributed by atoms with E-state index in [4.69, 9.17) is 0 Å². The summed E-state index contributed by atoms with van der Waals surface area (Å²) >= 11 is 0. The van der Waals surface area contributed by atoms with E-state index in [-0.39, 0.29) is 95.4 Å². The zero-order chi connectivity index (χ0) is 0. The monoisotopic (exact) mass is 309 g/mol. The van der Waals surface area contributed by atoms with Crippen molar-refractivity contribution in [2.45, 2.75) is 0 Å². The van der Waals surface area contributed by atoms with Crippen LogP contribution < -0.4 is 0 Å². The van der Waals surface area contributed by atoms with Crippen LogP contribution in [0.5, 0.6) is 0 Å². The largest absolute Gasteiger partial charge is 3.00 e. The molecule has 4 heavy (non-hydrogen) atoms. The maximum atomic E-state index is 0. The summed E-state index contributed by atoms with van der Waals surface area (Å²) in [7, 11) is 0. The van der Waals surface area contributed by atoms with Gasteiger partial charge < -0.3 is 11.0 Å². The molecule has 0 spiro atoms. The van der Waals surface area contributed by atoms with Crippen molar-refractivity contribution < 1.29 is 46.6 Å². The molecule has 0 fully saturated rings. The first kappa shape index (κ1) is 30.0. The summed E-state index contributed by atoms with van der Waals surface area (Å²) < 4.78 is 0. The van der Waals surface area contributed by atoms with Gasteiger partial charge in [0.2, 0.25) is 0 Å². The van der Waals surface area contributed by atoms with Crippen LogP contribution in [-0.2, 0) is 11.0 Å². The fraction of sp³-hybridized carbons (Fsp3) is 0. The predicted octanol–water partition coefficient (Wildman–Crippen LogP) is -0.618. The van der Waals surface area contributed by atoms with E-state index in [0.717, 1.165) is 0 Å². The second kappa shape index (κ2) is 17.3. The Balaban J connectivity index is 0. The van der Waals surface area contributed by atoms with Gasteiger partial charge in [-0.2, -0.15) is 0 Å². The third-order valence-electron chi connectivity index (χ3n) is 0. The Labute approximate surface area is 93.0 Å². The molecular weight excluding hydrogens is 308 g/mol. The van der Waals surface area contributed by atoms with Crippen molar-refractivity contribution in [2.24, 2.45) is 0 Å². The van der Waals surface area contributed by atoms with Gasteiger partial charge in [0.05, 0.1) is 0 Å². The van der Waals surface area contributed by atoms with Crippen LogP contribution in [-0.4, -0.2) is 48.9 Å². The molecule has 16 valence electrons. The van der Waals surface area contributed by atoms with Crippen molar-refractivity contribution in [3.8, 4) is 0 Å². The van der Waals surface area contributed by atoms with E-state index in [1.165, 1.54) is 0 Å². The Bertz CT molecular complexity index is 6.00. The molecule has 0 radical (unpaired) electrons. The van der Waals surface area contributed by atoms with Gasteiger partial charge in [-0.15, -0.1) is 0 Å². The molecule has 0 unspecified atom stereocenters. The van der Waals surface area contributed by atoms with Gasteiger partial charge in [0.25, 0.3) is 0 Å². The molecule has 0 amide bonds. The van der Waals surface area contributed by atoms with Gasteiger partial charge in [0, 0.05) is 0 Å². The average Bonchev–Trinajstić information content (AvgIpc) is 0. The van der Waals surface area contributed by atoms with Crippen molar-refractivity contribution >= 4 is 48.9 Å². The first-order chi connectivity index (χ1) is 0. The van der Waals surface area contributed by atoms with Crippen molar-refractivity contribution in [1.29, 1.82) is 0 Å². The SMILES string of the molecule is [Ba+2].[La+3].[O-2].[O-2]. The van der Waals surface area contributed by atoms with E-state index < -0.39 is 0 Å². The molecule has 0 aliphatic rings. The van der Waals surface area contributed by atoms with Crippen LogP contribution >= 0.6 is 0 Å². The Hall–Kier alpha value is 2.69. The van der Waals surface area contributed by atoms with Crippen molar-refractivity contribution in [1.82, 2.24) is 0 Å². The number of hydrogen-bond acceptors (Lipinski definition) is 0. The van der Waals surface area contributed by atoms with Crippen LogP contribution in [0.25, 0.3) is 0 Å². The second-order valence-electron chi connectivity index (χ2n) is 0. The molecule has 0 aliphatic carbocycles. The van der Waals surface area contributed by atoms with Crippen molar-refractivity contribution in [2.75, 3.05) is 0 Å². The van der Waals surface area contributed by atoms with Crippen LogP contribution in [0, 0.1) is 35.6 Å². The van der Waals surface area contributed by atoms with Crippen LogP contribution in [0.1, 0.15) is 0 Å².